The van der Waals surface area contributed by atoms with Gasteiger partial charge in [-0.1, -0.05) is 0 Å². The van der Waals surface area contributed by atoms with E-state index >= 15 is 0 Å². The van der Waals surface area contributed by atoms with Crippen LogP contribution in [0.3, 0.4) is 0 Å². The van der Waals surface area contributed by atoms with Crippen molar-refractivity contribution in [3.05, 3.63) is 21.9 Å². The molecule has 1 aromatic rings. The average molecular weight is 300 g/mol. The average Bonchev–Trinajstić information content (AvgIpc) is 2.83. The number of ether oxygens (including phenoxy) is 2. The Morgan fingerprint density at radius 1 is 1.20 bits per heavy atom. The maximum atomic E-state index is 12.0. The molecule has 0 spiro atoms. The Kier molecular flexibility index (Phi) is 4.85. The number of methoxy groups -OCH3 is 1. The Bertz CT molecular complexity index is 532. The van der Waals surface area contributed by atoms with Crippen LogP contribution in [0.1, 0.15) is 40.1 Å². The Balaban J connectivity index is 2.82. The third-order valence-electron chi connectivity index (χ3n) is 2.01. The van der Waals surface area contributed by atoms with Crippen LogP contribution in [0.4, 0.5) is 4.79 Å². The summed E-state index contributed by atoms with van der Waals surface area (Å²) in [6.45, 7) is 4.97. The van der Waals surface area contributed by atoms with E-state index in [1.54, 1.807) is 20.8 Å². The second-order valence-electron chi connectivity index (χ2n) is 4.81. The summed E-state index contributed by atoms with van der Waals surface area (Å²) in [7, 11) is 1.24. The van der Waals surface area contributed by atoms with Crippen molar-refractivity contribution in [3.8, 4) is 0 Å². The Morgan fingerprint density at radius 3 is 2.25 bits per heavy atom. The summed E-state index contributed by atoms with van der Waals surface area (Å²) in [5, 5.41) is 0.373. The number of hydrazine groups is 1. The van der Waals surface area contributed by atoms with Gasteiger partial charge in [-0.3, -0.25) is 4.79 Å². The number of carbonyl (C=O) groups is 3. The van der Waals surface area contributed by atoms with E-state index < -0.39 is 23.6 Å². The van der Waals surface area contributed by atoms with Crippen molar-refractivity contribution >= 4 is 29.3 Å². The quantitative estimate of drug-likeness (QED) is 0.387. The highest BCUT2D eigenvalue weighted by Crippen LogP contribution is 2.19. The molecule has 1 heterocycles. The van der Waals surface area contributed by atoms with Crippen molar-refractivity contribution in [1.82, 2.24) is 5.01 Å². The number of thiophene rings is 1. The van der Waals surface area contributed by atoms with Gasteiger partial charge < -0.3 is 9.47 Å². The molecule has 1 rings (SSSR count). The van der Waals surface area contributed by atoms with E-state index in [4.69, 9.17) is 10.6 Å². The molecule has 0 atom stereocenters. The van der Waals surface area contributed by atoms with E-state index in [1.807, 2.05) is 0 Å². The van der Waals surface area contributed by atoms with Crippen LogP contribution >= 0.6 is 11.3 Å². The van der Waals surface area contributed by atoms with E-state index in [0.29, 0.717) is 5.01 Å². The van der Waals surface area contributed by atoms with Crippen molar-refractivity contribution in [1.29, 1.82) is 0 Å². The predicted octanol–water partition coefficient (Wildman–Crippen LogP) is 1.79. The van der Waals surface area contributed by atoms with Gasteiger partial charge in [-0.2, -0.15) is 5.01 Å². The second-order valence-corrected chi connectivity index (χ2v) is 5.89. The van der Waals surface area contributed by atoms with E-state index in [9.17, 15) is 14.4 Å². The van der Waals surface area contributed by atoms with Crippen molar-refractivity contribution in [2.24, 2.45) is 5.84 Å². The third-order valence-corrected chi connectivity index (χ3v) is 3.07. The van der Waals surface area contributed by atoms with Gasteiger partial charge in [0.1, 0.15) is 10.5 Å². The highest BCUT2D eigenvalue weighted by Gasteiger charge is 2.27. The van der Waals surface area contributed by atoms with Gasteiger partial charge in [-0.05, 0) is 32.9 Å². The summed E-state index contributed by atoms with van der Waals surface area (Å²) in [4.78, 5) is 35.3. The number of amides is 2. The van der Waals surface area contributed by atoms with E-state index in [-0.39, 0.29) is 9.75 Å². The van der Waals surface area contributed by atoms with Crippen LogP contribution in [-0.2, 0) is 9.47 Å². The Morgan fingerprint density at radius 2 is 1.75 bits per heavy atom. The van der Waals surface area contributed by atoms with Gasteiger partial charge in [0, 0.05) is 0 Å². The molecular weight excluding hydrogens is 284 g/mol. The van der Waals surface area contributed by atoms with Crippen LogP contribution in [0.15, 0.2) is 12.1 Å². The maximum Gasteiger partial charge on any atom is 0.432 e. The number of hydrogen-bond donors (Lipinski definition) is 1. The van der Waals surface area contributed by atoms with Crippen molar-refractivity contribution in [3.63, 3.8) is 0 Å². The molecule has 0 aliphatic rings. The van der Waals surface area contributed by atoms with Crippen molar-refractivity contribution in [2.45, 2.75) is 26.4 Å². The number of carbonyl (C=O) groups excluding carboxylic acids is 3. The van der Waals surface area contributed by atoms with E-state index in [0.717, 1.165) is 11.3 Å². The van der Waals surface area contributed by atoms with Crippen LogP contribution < -0.4 is 5.84 Å². The number of esters is 1. The molecule has 0 aliphatic carbocycles. The normalized spacial score (nSPS) is 10.8. The molecule has 7 nitrogen and oxygen atoms in total. The van der Waals surface area contributed by atoms with Gasteiger partial charge >= 0.3 is 12.1 Å². The van der Waals surface area contributed by atoms with Crippen LogP contribution in [0.25, 0.3) is 0 Å². The summed E-state index contributed by atoms with van der Waals surface area (Å²) in [6, 6.07) is 2.82. The van der Waals surface area contributed by atoms with E-state index in [1.165, 1.54) is 19.2 Å². The molecule has 8 heteroatoms. The molecule has 0 aromatic carbocycles. The maximum absolute atomic E-state index is 12.0. The molecule has 0 bridgehead atoms. The highest BCUT2D eigenvalue weighted by molar-refractivity contribution is 7.15. The summed E-state index contributed by atoms with van der Waals surface area (Å²) >= 11 is 0.884. The molecule has 0 radical (unpaired) electrons. The summed E-state index contributed by atoms with van der Waals surface area (Å²) in [6.07, 6.45) is -0.962. The Hall–Kier alpha value is -1.93. The van der Waals surface area contributed by atoms with Gasteiger partial charge in [0.05, 0.1) is 12.0 Å². The predicted molar refractivity (Wildman–Crippen MR) is 72.2 cm³/mol. The molecule has 2 N–H and O–H groups in total. The lowest BCUT2D eigenvalue weighted by Crippen LogP contribution is -2.45. The number of nitrogens with two attached hydrogens (primary N) is 1. The fourth-order valence-electron chi connectivity index (χ4n) is 1.18. The smallest absolute Gasteiger partial charge is 0.432 e. The lowest BCUT2D eigenvalue weighted by atomic mass is 10.2. The number of rotatable bonds is 2. The van der Waals surface area contributed by atoms with Crippen LogP contribution in [-0.4, -0.2) is 35.7 Å². The first-order valence-corrected chi connectivity index (χ1v) is 6.47. The second kappa shape index (κ2) is 6.02. The van der Waals surface area contributed by atoms with Crippen molar-refractivity contribution in [2.75, 3.05) is 7.11 Å². The zero-order chi connectivity index (χ0) is 15.5. The summed E-state index contributed by atoms with van der Waals surface area (Å²) in [5.74, 6) is 4.11. The molecule has 0 unspecified atom stereocenters. The fourth-order valence-corrected chi connectivity index (χ4v) is 2.04. The van der Waals surface area contributed by atoms with Gasteiger partial charge in [0.25, 0.3) is 5.91 Å². The topological polar surface area (TPSA) is 98.9 Å². The van der Waals surface area contributed by atoms with Gasteiger partial charge in [-0.15, -0.1) is 11.3 Å². The van der Waals surface area contributed by atoms with Crippen LogP contribution in [0.5, 0.6) is 0 Å². The van der Waals surface area contributed by atoms with E-state index in [2.05, 4.69) is 4.74 Å². The fraction of sp³-hybridized carbons (Fsp3) is 0.417. The molecule has 2 amide bonds. The zero-order valence-electron chi connectivity index (χ0n) is 11.6. The monoisotopic (exact) mass is 300 g/mol. The minimum atomic E-state index is -0.962. The number of hydrogen-bond acceptors (Lipinski definition) is 7. The molecule has 20 heavy (non-hydrogen) atoms. The largest absolute Gasteiger partial charge is 0.465 e. The molecule has 0 aliphatic heterocycles. The molecule has 0 saturated heterocycles. The molecule has 110 valence electrons. The first-order chi connectivity index (χ1) is 9.15. The van der Waals surface area contributed by atoms with Gasteiger partial charge in [0.15, 0.2) is 0 Å². The minimum Gasteiger partial charge on any atom is -0.465 e. The summed E-state index contributed by atoms with van der Waals surface area (Å²) < 4.78 is 9.50. The lowest BCUT2D eigenvalue weighted by molar-refractivity contribution is 0.0240. The van der Waals surface area contributed by atoms with Gasteiger partial charge in [0.2, 0.25) is 0 Å². The first-order valence-electron chi connectivity index (χ1n) is 5.66. The Labute approximate surface area is 120 Å². The SMILES string of the molecule is COC(=O)c1ccc(C(=O)N(N)C(=O)OC(C)(C)C)s1. The summed E-state index contributed by atoms with van der Waals surface area (Å²) in [5.41, 5.74) is -0.762. The highest BCUT2D eigenvalue weighted by atomic mass is 32.1. The molecule has 0 fully saturated rings. The molecular formula is C12H16N2O5S. The first kappa shape index (κ1) is 16.1. The van der Waals surface area contributed by atoms with Crippen LogP contribution in [0.2, 0.25) is 0 Å². The third kappa shape index (κ3) is 4.04. The standard InChI is InChI=1S/C12H16N2O5S/c1-12(2,3)19-11(17)14(13)9(15)7-5-6-8(20-7)10(16)18-4/h5-6H,13H2,1-4H3. The molecule has 1 aromatic heterocycles. The molecule has 0 saturated carbocycles. The lowest BCUT2D eigenvalue weighted by Gasteiger charge is -2.22. The van der Waals surface area contributed by atoms with Crippen LogP contribution in [0, 0.1) is 0 Å². The zero-order valence-corrected chi connectivity index (χ0v) is 12.4. The minimum absolute atomic E-state index is 0.138. The number of imide groups is 1. The van der Waals surface area contributed by atoms with Gasteiger partial charge in [-0.25, -0.2) is 15.4 Å². The number of nitrogens with zero attached hydrogens (tertiary/aromatic N) is 1. The van der Waals surface area contributed by atoms with Crippen molar-refractivity contribution < 1.29 is 23.9 Å².